The van der Waals surface area contributed by atoms with Crippen LogP contribution in [0.1, 0.15) is 32.1 Å². The first kappa shape index (κ1) is 8.16. The molecule has 1 fully saturated rings. The Morgan fingerprint density at radius 2 is 2.00 bits per heavy atom. The van der Waals surface area contributed by atoms with Gasteiger partial charge in [-0.15, -0.1) is 0 Å². The molecular weight excluding hydrogens is 147 g/mol. The van der Waals surface area contributed by atoms with E-state index in [4.69, 9.17) is 4.52 Å². The summed E-state index contributed by atoms with van der Waals surface area (Å²) in [6.45, 7) is 0.686. The lowest BCUT2D eigenvalue weighted by molar-refractivity contribution is 0.223. The number of hydrogen-bond donors (Lipinski definition) is 0. The molecule has 0 amide bonds. The van der Waals surface area contributed by atoms with Crippen molar-refractivity contribution in [1.29, 1.82) is 0 Å². The van der Waals surface area contributed by atoms with Crippen molar-refractivity contribution in [3.8, 4) is 0 Å². The molecule has 0 spiro atoms. The normalized spacial score (nSPS) is 21.6. The molecule has 0 bridgehead atoms. The summed E-state index contributed by atoms with van der Waals surface area (Å²) in [6, 6.07) is 0. The van der Waals surface area contributed by atoms with Crippen LogP contribution in [0.3, 0.4) is 0 Å². The van der Waals surface area contributed by atoms with E-state index in [1.54, 1.807) is 0 Å². The topological polar surface area (TPSA) is 26.3 Å². The van der Waals surface area contributed by atoms with Crippen LogP contribution in [0.15, 0.2) is 0 Å². The maximum Gasteiger partial charge on any atom is 0.327 e. The van der Waals surface area contributed by atoms with Crippen molar-refractivity contribution < 1.29 is 9.09 Å². The summed E-state index contributed by atoms with van der Waals surface area (Å²) < 4.78 is 14.7. The molecule has 3 heteroatoms. The van der Waals surface area contributed by atoms with Crippen LogP contribution < -0.4 is 0 Å². The van der Waals surface area contributed by atoms with Crippen LogP contribution in [0.5, 0.6) is 0 Å². The Hall–Kier alpha value is 0.0600. The molecule has 0 aromatic heterocycles. The summed E-state index contributed by atoms with van der Waals surface area (Å²) in [5.41, 5.74) is 0. The Balaban J connectivity index is 2.07. The quantitative estimate of drug-likeness (QED) is 0.593. The van der Waals surface area contributed by atoms with E-state index in [-0.39, 0.29) is 8.69 Å². The van der Waals surface area contributed by atoms with Crippen LogP contribution in [0, 0.1) is 5.92 Å². The lowest BCUT2D eigenvalue weighted by Gasteiger charge is -2.19. The second-order valence-electron chi connectivity index (χ2n) is 2.87. The second-order valence-corrected chi connectivity index (χ2v) is 3.28. The first-order valence-corrected chi connectivity index (χ1v) is 4.61. The van der Waals surface area contributed by atoms with Gasteiger partial charge in [0.1, 0.15) is 0 Å². The SMILES string of the molecule is O=POCC1CCCCC1. The van der Waals surface area contributed by atoms with Crippen molar-refractivity contribution in [2.24, 2.45) is 5.92 Å². The molecule has 1 aliphatic rings. The minimum Gasteiger partial charge on any atom is -0.294 e. The molecule has 0 aromatic carbocycles. The Labute approximate surface area is 63.2 Å². The van der Waals surface area contributed by atoms with Gasteiger partial charge in [-0.05, 0) is 18.8 Å². The highest BCUT2D eigenvalue weighted by atomic mass is 31.1. The van der Waals surface area contributed by atoms with Gasteiger partial charge in [0.2, 0.25) is 0 Å². The number of hydrogen-bond acceptors (Lipinski definition) is 2. The molecule has 0 aliphatic heterocycles. The zero-order valence-corrected chi connectivity index (χ0v) is 6.98. The minimum absolute atomic E-state index is 0.161. The Bertz CT molecular complexity index is 99.8. The largest absolute Gasteiger partial charge is 0.327 e. The second kappa shape index (κ2) is 4.81. The molecular formula is C7H13O2P. The van der Waals surface area contributed by atoms with E-state index in [1.165, 1.54) is 32.1 Å². The van der Waals surface area contributed by atoms with Gasteiger partial charge >= 0.3 is 8.69 Å². The maximum atomic E-state index is 9.92. The van der Waals surface area contributed by atoms with Crippen LogP contribution in [0.4, 0.5) is 0 Å². The van der Waals surface area contributed by atoms with Gasteiger partial charge in [0.15, 0.2) is 0 Å². The van der Waals surface area contributed by atoms with Crippen LogP contribution in [-0.2, 0) is 9.09 Å². The summed E-state index contributed by atoms with van der Waals surface area (Å²) >= 11 is 0. The zero-order chi connectivity index (χ0) is 7.23. The van der Waals surface area contributed by atoms with Gasteiger partial charge < -0.3 is 0 Å². The van der Waals surface area contributed by atoms with Crippen molar-refractivity contribution in [3.63, 3.8) is 0 Å². The standard InChI is InChI=1S/C7H13O2P/c8-10-9-6-7-4-2-1-3-5-7/h7H,1-6H2. The van der Waals surface area contributed by atoms with Gasteiger partial charge in [-0.3, -0.25) is 4.52 Å². The van der Waals surface area contributed by atoms with Gasteiger partial charge in [0.25, 0.3) is 0 Å². The Morgan fingerprint density at radius 3 is 2.60 bits per heavy atom. The molecule has 0 heterocycles. The lowest BCUT2D eigenvalue weighted by atomic mass is 9.90. The van der Waals surface area contributed by atoms with Gasteiger partial charge in [-0.2, -0.15) is 0 Å². The van der Waals surface area contributed by atoms with Gasteiger partial charge in [-0.25, -0.2) is 4.57 Å². The van der Waals surface area contributed by atoms with E-state index in [1.807, 2.05) is 0 Å². The fourth-order valence-corrected chi connectivity index (χ4v) is 1.76. The van der Waals surface area contributed by atoms with Crippen LogP contribution in [0.2, 0.25) is 0 Å². The third-order valence-electron chi connectivity index (χ3n) is 2.09. The molecule has 0 radical (unpaired) electrons. The Morgan fingerprint density at radius 1 is 1.30 bits per heavy atom. The lowest BCUT2D eigenvalue weighted by Crippen LogP contribution is -2.10. The average molecular weight is 160 g/mol. The summed E-state index contributed by atoms with van der Waals surface area (Å²) in [5.74, 6) is 0.676. The summed E-state index contributed by atoms with van der Waals surface area (Å²) in [7, 11) is -0.161. The molecule has 0 aromatic rings. The Kier molecular flexibility index (Phi) is 3.93. The highest BCUT2D eigenvalue weighted by molar-refractivity contribution is 7.17. The van der Waals surface area contributed by atoms with Crippen LogP contribution in [0.25, 0.3) is 0 Å². The van der Waals surface area contributed by atoms with Crippen LogP contribution in [-0.4, -0.2) is 6.61 Å². The highest BCUT2D eigenvalue weighted by Crippen LogP contribution is 2.24. The predicted molar refractivity (Wildman–Crippen MR) is 40.1 cm³/mol. The molecule has 0 saturated heterocycles. The maximum absolute atomic E-state index is 9.92. The monoisotopic (exact) mass is 160 g/mol. The van der Waals surface area contributed by atoms with E-state index in [2.05, 4.69) is 0 Å². The fourth-order valence-electron chi connectivity index (χ4n) is 1.49. The molecule has 10 heavy (non-hydrogen) atoms. The van der Waals surface area contributed by atoms with Gasteiger partial charge in [0.05, 0.1) is 6.61 Å². The smallest absolute Gasteiger partial charge is 0.294 e. The summed E-state index contributed by atoms with van der Waals surface area (Å²) in [5, 5.41) is 0. The first-order valence-electron chi connectivity index (χ1n) is 3.88. The van der Waals surface area contributed by atoms with E-state index in [0.29, 0.717) is 12.5 Å². The molecule has 58 valence electrons. The van der Waals surface area contributed by atoms with Gasteiger partial charge in [0, 0.05) is 0 Å². The molecule has 1 aliphatic carbocycles. The highest BCUT2D eigenvalue weighted by Gasteiger charge is 2.12. The van der Waals surface area contributed by atoms with E-state index in [9.17, 15) is 4.57 Å². The van der Waals surface area contributed by atoms with Crippen LogP contribution >= 0.6 is 8.69 Å². The van der Waals surface area contributed by atoms with Crippen molar-refractivity contribution in [3.05, 3.63) is 0 Å². The summed E-state index contributed by atoms with van der Waals surface area (Å²) in [4.78, 5) is 0. The molecule has 0 atom stereocenters. The van der Waals surface area contributed by atoms with E-state index >= 15 is 0 Å². The van der Waals surface area contributed by atoms with Crippen molar-refractivity contribution in [2.75, 3.05) is 6.61 Å². The zero-order valence-electron chi connectivity index (χ0n) is 6.08. The first-order chi connectivity index (χ1) is 4.93. The fraction of sp³-hybridized carbons (Fsp3) is 1.00. The van der Waals surface area contributed by atoms with Crippen molar-refractivity contribution >= 4 is 8.69 Å². The summed E-state index contributed by atoms with van der Waals surface area (Å²) in [6.07, 6.45) is 6.53. The average Bonchev–Trinajstić information content (AvgIpc) is 2.03. The molecule has 1 rings (SSSR count). The molecule has 2 nitrogen and oxygen atoms in total. The molecule has 0 N–H and O–H groups in total. The molecule has 1 saturated carbocycles. The number of rotatable bonds is 3. The third kappa shape index (κ3) is 2.76. The molecule has 0 unspecified atom stereocenters. The van der Waals surface area contributed by atoms with Crippen molar-refractivity contribution in [1.82, 2.24) is 0 Å². The van der Waals surface area contributed by atoms with Crippen molar-refractivity contribution in [2.45, 2.75) is 32.1 Å². The predicted octanol–water partition coefficient (Wildman–Crippen LogP) is 2.79. The third-order valence-corrected chi connectivity index (χ3v) is 2.34. The van der Waals surface area contributed by atoms with E-state index in [0.717, 1.165) is 0 Å². The van der Waals surface area contributed by atoms with Gasteiger partial charge in [-0.1, -0.05) is 19.3 Å². The van der Waals surface area contributed by atoms with E-state index < -0.39 is 0 Å². The minimum atomic E-state index is -0.161.